The van der Waals surface area contributed by atoms with Crippen molar-refractivity contribution in [3.63, 3.8) is 0 Å². The number of nitrogens with zero attached hydrogens (tertiary/aromatic N) is 3. The minimum absolute atomic E-state index is 0.0276. The predicted octanol–water partition coefficient (Wildman–Crippen LogP) is 2.27. The van der Waals surface area contributed by atoms with E-state index in [2.05, 4.69) is 28.9 Å². The summed E-state index contributed by atoms with van der Waals surface area (Å²) in [6.45, 7) is 8.40. The molecule has 1 aromatic carbocycles. The normalized spacial score (nSPS) is 18.1. The van der Waals surface area contributed by atoms with Crippen molar-refractivity contribution in [2.45, 2.75) is 32.9 Å². The molecule has 1 N–H and O–H groups in total. The fourth-order valence-electron chi connectivity index (χ4n) is 3.80. The van der Waals surface area contributed by atoms with Crippen LogP contribution >= 0.6 is 0 Å². The third kappa shape index (κ3) is 3.77. The second kappa shape index (κ2) is 8.10. The minimum Gasteiger partial charge on any atom is -0.487 e. The third-order valence-electron chi connectivity index (χ3n) is 5.37. The highest BCUT2D eigenvalue weighted by Crippen LogP contribution is 2.35. The standard InChI is InChI=1S/C20H26N4O4/c1-3-23(4-2)15-7-8-24(11-15)20(25)17-9-14(21-22-17)12-26-16-5-6-18-19(10-16)28-13-27-18/h5-6,9-10,15H,3-4,7-8,11-13H2,1-2H3,(H,21,22). The molecule has 1 atom stereocenters. The van der Waals surface area contributed by atoms with Crippen molar-refractivity contribution < 1.29 is 19.0 Å². The summed E-state index contributed by atoms with van der Waals surface area (Å²) in [6, 6.07) is 7.64. The van der Waals surface area contributed by atoms with Gasteiger partial charge in [-0.15, -0.1) is 0 Å². The SMILES string of the molecule is CCN(CC)C1CCN(C(=O)c2cc(COc3ccc4c(c3)OCO4)[nH]n2)C1. The number of nitrogens with one attached hydrogen (secondary N) is 1. The Morgan fingerprint density at radius 2 is 2.11 bits per heavy atom. The Kier molecular flexibility index (Phi) is 5.38. The first-order valence-electron chi connectivity index (χ1n) is 9.78. The predicted molar refractivity (Wildman–Crippen MR) is 103 cm³/mol. The number of fused-ring (bicyclic) bond motifs is 1. The van der Waals surface area contributed by atoms with Crippen LogP contribution in [0.4, 0.5) is 0 Å². The molecule has 0 saturated carbocycles. The first kappa shape index (κ1) is 18.6. The zero-order valence-corrected chi connectivity index (χ0v) is 16.3. The van der Waals surface area contributed by atoms with Gasteiger partial charge in [-0.05, 0) is 37.7 Å². The molecule has 8 nitrogen and oxygen atoms in total. The number of likely N-dealkylation sites (N-methyl/N-ethyl adjacent to an activating group) is 1. The van der Waals surface area contributed by atoms with Gasteiger partial charge in [0, 0.05) is 25.2 Å². The summed E-state index contributed by atoms with van der Waals surface area (Å²) in [5, 5.41) is 7.09. The molecule has 0 spiro atoms. The van der Waals surface area contributed by atoms with E-state index in [0.717, 1.165) is 44.0 Å². The molecule has 0 bridgehead atoms. The molecule has 1 fully saturated rings. The highest BCUT2D eigenvalue weighted by molar-refractivity contribution is 5.92. The first-order valence-corrected chi connectivity index (χ1v) is 9.78. The van der Waals surface area contributed by atoms with Gasteiger partial charge < -0.3 is 19.1 Å². The number of ether oxygens (including phenoxy) is 3. The lowest BCUT2D eigenvalue weighted by molar-refractivity contribution is 0.0772. The molecule has 2 aliphatic rings. The molecular formula is C20H26N4O4. The zero-order valence-electron chi connectivity index (χ0n) is 16.3. The summed E-state index contributed by atoms with van der Waals surface area (Å²) < 4.78 is 16.4. The number of carbonyl (C=O) groups excluding carboxylic acids is 1. The summed E-state index contributed by atoms with van der Waals surface area (Å²) in [4.78, 5) is 17.1. The van der Waals surface area contributed by atoms with E-state index < -0.39 is 0 Å². The highest BCUT2D eigenvalue weighted by atomic mass is 16.7. The lowest BCUT2D eigenvalue weighted by atomic mass is 10.2. The topological polar surface area (TPSA) is 79.9 Å². The molecular weight excluding hydrogens is 360 g/mol. The average molecular weight is 386 g/mol. The Labute approximate surface area is 164 Å². The van der Waals surface area contributed by atoms with Crippen LogP contribution in [0.1, 0.15) is 36.5 Å². The average Bonchev–Trinajstić information content (AvgIpc) is 3.46. The number of hydrogen-bond donors (Lipinski definition) is 1. The van der Waals surface area contributed by atoms with Gasteiger partial charge in [0.25, 0.3) is 5.91 Å². The summed E-state index contributed by atoms with van der Waals surface area (Å²) in [6.07, 6.45) is 1.01. The van der Waals surface area contributed by atoms with Crippen LogP contribution in [0.15, 0.2) is 24.3 Å². The van der Waals surface area contributed by atoms with E-state index in [1.54, 1.807) is 12.1 Å². The van der Waals surface area contributed by atoms with Gasteiger partial charge in [0.1, 0.15) is 12.4 Å². The molecule has 3 heterocycles. The van der Waals surface area contributed by atoms with Crippen LogP contribution in [-0.4, -0.2) is 64.9 Å². The number of likely N-dealkylation sites (tertiary alicyclic amines) is 1. The van der Waals surface area contributed by atoms with Crippen LogP contribution in [0.25, 0.3) is 0 Å². The van der Waals surface area contributed by atoms with E-state index in [9.17, 15) is 4.79 Å². The van der Waals surface area contributed by atoms with Crippen molar-refractivity contribution in [2.75, 3.05) is 33.0 Å². The van der Waals surface area contributed by atoms with E-state index >= 15 is 0 Å². The molecule has 1 aromatic heterocycles. The lowest BCUT2D eigenvalue weighted by Gasteiger charge is -2.25. The second-order valence-corrected chi connectivity index (χ2v) is 7.00. The smallest absolute Gasteiger partial charge is 0.274 e. The summed E-state index contributed by atoms with van der Waals surface area (Å²) in [5.41, 5.74) is 1.19. The summed E-state index contributed by atoms with van der Waals surface area (Å²) in [7, 11) is 0. The maximum absolute atomic E-state index is 12.8. The van der Waals surface area contributed by atoms with E-state index in [-0.39, 0.29) is 12.7 Å². The maximum Gasteiger partial charge on any atom is 0.274 e. The third-order valence-corrected chi connectivity index (χ3v) is 5.37. The van der Waals surface area contributed by atoms with Gasteiger partial charge in [0.2, 0.25) is 6.79 Å². The van der Waals surface area contributed by atoms with Crippen LogP contribution in [0.5, 0.6) is 17.2 Å². The number of H-pyrrole nitrogens is 1. The Morgan fingerprint density at radius 1 is 1.29 bits per heavy atom. The summed E-state index contributed by atoms with van der Waals surface area (Å²) >= 11 is 0. The Hall–Kier alpha value is -2.74. The molecule has 2 aliphatic heterocycles. The van der Waals surface area contributed by atoms with Gasteiger partial charge in [0.05, 0.1) is 5.69 Å². The molecule has 2 aromatic rings. The van der Waals surface area contributed by atoms with Crippen molar-refractivity contribution >= 4 is 5.91 Å². The van der Waals surface area contributed by atoms with Crippen LogP contribution in [0.3, 0.4) is 0 Å². The lowest BCUT2D eigenvalue weighted by Crippen LogP contribution is -2.38. The minimum atomic E-state index is -0.0276. The van der Waals surface area contributed by atoms with Crippen LogP contribution < -0.4 is 14.2 Å². The van der Waals surface area contributed by atoms with E-state index in [4.69, 9.17) is 14.2 Å². The Balaban J connectivity index is 1.33. The number of amides is 1. The van der Waals surface area contributed by atoms with Crippen LogP contribution in [0.2, 0.25) is 0 Å². The molecule has 0 radical (unpaired) electrons. The monoisotopic (exact) mass is 386 g/mol. The molecule has 8 heteroatoms. The highest BCUT2D eigenvalue weighted by Gasteiger charge is 2.30. The van der Waals surface area contributed by atoms with Gasteiger partial charge in [-0.2, -0.15) is 5.10 Å². The van der Waals surface area contributed by atoms with Crippen molar-refractivity contribution in [1.29, 1.82) is 0 Å². The van der Waals surface area contributed by atoms with Gasteiger partial charge >= 0.3 is 0 Å². The van der Waals surface area contributed by atoms with E-state index in [1.807, 2.05) is 17.0 Å². The van der Waals surface area contributed by atoms with Crippen molar-refractivity contribution in [3.05, 3.63) is 35.7 Å². The fourth-order valence-corrected chi connectivity index (χ4v) is 3.80. The number of carbonyl (C=O) groups is 1. The number of benzene rings is 1. The van der Waals surface area contributed by atoms with E-state index in [1.165, 1.54) is 0 Å². The van der Waals surface area contributed by atoms with Crippen LogP contribution in [0, 0.1) is 0 Å². The molecule has 1 amide bonds. The largest absolute Gasteiger partial charge is 0.487 e. The van der Waals surface area contributed by atoms with Crippen molar-refractivity contribution in [3.8, 4) is 17.2 Å². The van der Waals surface area contributed by atoms with Gasteiger partial charge in [-0.3, -0.25) is 14.8 Å². The molecule has 4 rings (SSSR count). The van der Waals surface area contributed by atoms with Gasteiger partial charge in [-0.1, -0.05) is 13.8 Å². The van der Waals surface area contributed by atoms with Crippen molar-refractivity contribution in [1.82, 2.24) is 20.0 Å². The molecule has 1 saturated heterocycles. The van der Waals surface area contributed by atoms with Gasteiger partial charge in [0.15, 0.2) is 17.2 Å². The molecule has 28 heavy (non-hydrogen) atoms. The number of rotatable bonds is 7. The summed E-state index contributed by atoms with van der Waals surface area (Å²) in [5.74, 6) is 2.04. The number of hydrogen-bond acceptors (Lipinski definition) is 6. The quantitative estimate of drug-likeness (QED) is 0.786. The van der Waals surface area contributed by atoms with E-state index in [0.29, 0.717) is 29.8 Å². The second-order valence-electron chi connectivity index (χ2n) is 7.00. The zero-order chi connectivity index (χ0) is 19.5. The number of aromatic nitrogens is 2. The molecule has 0 aliphatic carbocycles. The Bertz CT molecular complexity index is 833. The number of aromatic amines is 1. The van der Waals surface area contributed by atoms with Gasteiger partial charge in [-0.25, -0.2) is 0 Å². The fraction of sp³-hybridized carbons (Fsp3) is 0.500. The first-order chi connectivity index (χ1) is 13.7. The Morgan fingerprint density at radius 3 is 2.93 bits per heavy atom. The molecule has 1 unspecified atom stereocenters. The van der Waals surface area contributed by atoms with Crippen LogP contribution in [-0.2, 0) is 6.61 Å². The van der Waals surface area contributed by atoms with Crippen molar-refractivity contribution in [2.24, 2.45) is 0 Å². The maximum atomic E-state index is 12.8. The molecule has 150 valence electrons.